The summed E-state index contributed by atoms with van der Waals surface area (Å²) in [4.78, 5) is 17.9. The average molecular weight is 388 g/mol. The van der Waals surface area contributed by atoms with Gasteiger partial charge in [0, 0.05) is 49.1 Å². The highest BCUT2D eigenvalue weighted by molar-refractivity contribution is 5.91. The number of benzene rings is 1. The summed E-state index contributed by atoms with van der Waals surface area (Å²) in [7, 11) is 4.71. The van der Waals surface area contributed by atoms with Gasteiger partial charge in [0.25, 0.3) is 5.69 Å². The number of morpholine rings is 1. The largest absolute Gasteiger partial charge is 0.496 e. The highest BCUT2D eigenvalue weighted by atomic mass is 16.5. The van der Waals surface area contributed by atoms with E-state index in [0.717, 1.165) is 24.3 Å². The van der Waals surface area contributed by atoms with E-state index in [2.05, 4.69) is 15.2 Å². The Hall–Kier alpha value is -3.00. The Bertz CT molecular complexity index is 821. The van der Waals surface area contributed by atoms with Crippen LogP contribution in [0.2, 0.25) is 0 Å². The first kappa shape index (κ1) is 19.8. The number of rotatable bonds is 7. The van der Waals surface area contributed by atoms with Gasteiger partial charge < -0.3 is 29.2 Å². The van der Waals surface area contributed by atoms with Gasteiger partial charge in [-0.25, -0.2) is 4.98 Å². The van der Waals surface area contributed by atoms with E-state index in [1.165, 1.54) is 0 Å². The molecule has 1 saturated heterocycles. The first-order valence-corrected chi connectivity index (χ1v) is 9.07. The van der Waals surface area contributed by atoms with Gasteiger partial charge in [0.2, 0.25) is 0 Å². The van der Waals surface area contributed by atoms with Gasteiger partial charge >= 0.3 is 5.91 Å². The Morgan fingerprint density at radius 1 is 1.07 bits per heavy atom. The van der Waals surface area contributed by atoms with Crippen LogP contribution in [0.25, 0.3) is 0 Å². The van der Waals surface area contributed by atoms with Gasteiger partial charge in [-0.15, -0.1) is 0 Å². The van der Waals surface area contributed by atoms with Crippen LogP contribution in [0.15, 0.2) is 30.5 Å². The molecule has 2 aromatic rings. The number of anilines is 1. The van der Waals surface area contributed by atoms with E-state index in [9.17, 15) is 4.79 Å². The minimum absolute atomic E-state index is 0.202. The number of nitrogens with zero attached hydrogens (tertiary/aromatic N) is 1. The van der Waals surface area contributed by atoms with Crippen molar-refractivity contribution in [3.8, 4) is 17.2 Å². The minimum atomic E-state index is -0.202. The van der Waals surface area contributed by atoms with Crippen LogP contribution in [0, 0.1) is 0 Å². The summed E-state index contributed by atoms with van der Waals surface area (Å²) in [6.45, 7) is 3.30. The van der Waals surface area contributed by atoms with Crippen LogP contribution in [0.1, 0.15) is 16.1 Å². The molecule has 1 aliphatic rings. The molecule has 8 heteroatoms. The number of aromatic amines is 1. The van der Waals surface area contributed by atoms with Crippen LogP contribution < -0.4 is 29.4 Å². The molecule has 150 valence electrons. The van der Waals surface area contributed by atoms with E-state index in [4.69, 9.17) is 18.9 Å². The summed E-state index contributed by atoms with van der Waals surface area (Å²) >= 11 is 0. The number of carbonyl (C=O) groups is 1. The maximum absolute atomic E-state index is 12.6. The van der Waals surface area contributed by atoms with Gasteiger partial charge in [-0.2, -0.15) is 0 Å². The third-order valence-corrected chi connectivity index (χ3v) is 4.63. The monoisotopic (exact) mass is 388 g/mol. The molecule has 2 heterocycles. The van der Waals surface area contributed by atoms with Gasteiger partial charge in [-0.1, -0.05) is 0 Å². The number of aromatic nitrogens is 1. The Labute approximate surface area is 164 Å². The van der Waals surface area contributed by atoms with E-state index in [0.29, 0.717) is 36.2 Å². The fraction of sp³-hybridized carbons (Fsp3) is 0.400. The predicted octanol–water partition coefficient (Wildman–Crippen LogP) is 1.29. The molecule has 0 saturated carbocycles. The van der Waals surface area contributed by atoms with Gasteiger partial charge in [-0.05, 0) is 6.07 Å². The smallest absolute Gasteiger partial charge is 0.316 e. The zero-order chi connectivity index (χ0) is 19.9. The second-order valence-corrected chi connectivity index (χ2v) is 6.26. The van der Waals surface area contributed by atoms with Crippen molar-refractivity contribution in [2.45, 2.75) is 6.54 Å². The predicted molar refractivity (Wildman–Crippen MR) is 103 cm³/mol. The molecule has 28 heavy (non-hydrogen) atoms. The van der Waals surface area contributed by atoms with Crippen LogP contribution in [0.4, 0.5) is 5.69 Å². The standard InChI is InChI=1S/C20H25N3O5/c1-25-17-12-19(27-3)18(26-2)10-14(17)13-22-20(24)16-11-15(4-5-21-16)23-6-8-28-9-7-23/h4-5,10-12H,6-9,13H2,1-3H3,(H,22,24)/p+1. The molecule has 0 unspecified atom stereocenters. The zero-order valence-corrected chi connectivity index (χ0v) is 16.4. The molecule has 1 aromatic heterocycles. The summed E-state index contributed by atoms with van der Waals surface area (Å²) < 4.78 is 21.4. The van der Waals surface area contributed by atoms with Crippen molar-refractivity contribution in [2.24, 2.45) is 0 Å². The van der Waals surface area contributed by atoms with Gasteiger partial charge in [0.1, 0.15) is 5.75 Å². The lowest BCUT2D eigenvalue weighted by atomic mass is 10.1. The maximum atomic E-state index is 12.6. The molecule has 1 aromatic carbocycles. The van der Waals surface area contributed by atoms with Crippen molar-refractivity contribution in [3.05, 3.63) is 41.7 Å². The number of amides is 1. The molecule has 3 rings (SSSR count). The second kappa shape index (κ2) is 9.27. The normalized spacial score (nSPS) is 13.8. The Morgan fingerprint density at radius 2 is 1.75 bits per heavy atom. The molecule has 8 nitrogen and oxygen atoms in total. The van der Waals surface area contributed by atoms with Crippen LogP contribution in [-0.4, -0.2) is 53.5 Å². The topological polar surface area (TPSA) is 83.4 Å². The number of carbonyl (C=O) groups excluding carboxylic acids is 1. The summed E-state index contributed by atoms with van der Waals surface area (Å²) in [5, 5.41) is 2.92. The Kier molecular flexibility index (Phi) is 6.54. The summed E-state index contributed by atoms with van der Waals surface area (Å²) in [6.07, 6.45) is 1.77. The molecule has 1 aliphatic heterocycles. The number of pyridine rings is 1. The van der Waals surface area contributed by atoms with Gasteiger partial charge in [0.05, 0.1) is 34.5 Å². The molecular formula is C20H26N3O5+. The first-order chi connectivity index (χ1) is 13.7. The van der Waals surface area contributed by atoms with Crippen LogP contribution in [0.3, 0.4) is 0 Å². The highest BCUT2D eigenvalue weighted by Gasteiger charge is 2.19. The summed E-state index contributed by atoms with van der Waals surface area (Å²) in [5.74, 6) is 1.56. The Balaban J connectivity index is 1.72. The van der Waals surface area contributed by atoms with Crippen molar-refractivity contribution in [3.63, 3.8) is 0 Å². The number of methoxy groups -OCH3 is 3. The van der Waals surface area contributed by atoms with E-state index in [1.807, 2.05) is 12.1 Å². The molecular weight excluding hydrogens is 362 g/mol. The molecule has 2 N–H and O–H groups in total. The minimum Gasteiger partial charge on any atom is -0.496 e. The fourth-order valence-electron chi connectivity index (χ4n) is 3.11. The fourth-order valence-corrected chi connectivity index (χ4v) is 3.11. The van der Waals surface area contributed by atoms with E-state index in [-0.39, 0.29) is 12.5 Å². The zero-order valence-electron chi connectivity index (χ0n) is 16.4. The lowest BCUT2D eigenvalue weighted by molar-refractivity contribution is -0.382. The molecule has 0 spiro atoms. The van der Waals surface area contributed by atoms with Crippen molar-refractivity contribution in [1.82, 2.24) is 5.32 Å². The number of H-pyrrole nitrogens is 1. The number of ether oxygens (including phenoxy) is 4. The van der Waals surface area contributed by atoms with Crippen LogP contribution >= 0.6 is 0 Å². The van der Waals surface area contributed by atoms with Gasteiger partial charge in [0.15, 0.2) is 17.7 Å². The summed E-state index contributed by atoms with van der Waals surface area (Å²) in [6, 6.07) is 7.35. The van der Waals surface area contributed by atoms with Crippen molar-refractivity contribution >= 4 is 11.6 Å². The molecule has 0 bridgehead atoms. The van der Waals surface area contributed by atoms with Crippen molar-refractivity contribution < 1.29 is 28.7 Å². The Morgan fingerprint density at radius 3 is 2.43 bits per heavy atom. The quantitative estimate of drug-likeness (QED) is 0.770. The molecule has 1 amide bonds. The van der Waals surface area contributed by atoms with Crippen molar-refractivity contribution in [1.29, 1.82) is 0 Å². The third kappa shape index (κ3) is 4.45. The van der Waals surface area contributed by atoms with E-state index < -0.39 is 0 Å². The highest BCUT2D eigenvalue weighted by Crippen LogP contribution is 2.34. The third-order valence-electron chi connectivity index (χ3n) is 4.63. The molecule has 0 atom stereocenters. The van der Waals surface area contributed by atoms with Crippen LogP contribution in [0.5, 0.6) is 17.2 Å². The molecule has 0 radical (unpaired) electrons. The lowest BCUT2D eigenvalue weighted by Gasteiger charge is -2.28. The number of nitrogens with one attached hydrogen (secondary N) is 2. The van der Waals surface area contributed by atoms with Crippen LogP contribution in [-0.2, 0) is 11.3 Å². The summed E-state index contributed by atoms with van der Waals surface area (Å²) in [5.41, 5.74) is 2.28. The number of hydrogen-bond donors (Lipinski definition) is 1. The SMILES string of the molecule is COc1cc(OC)c(OC)cc1CNC(=O)c1cc(N2CCOCC2)cc[nH+]1. The first-order valence-electron chi connectivity index (χ1n) is 9.07. The molecule has 0 aliphatic carbocycles. The van der Waals surface area contributed by atoms with E-state index >= 15 is 0 Å². The molecule has 1 fully saturated rings. The van der Waals surface area contributed by atoms with E-state index in [1.54, 1.807) is 39.7 Å². The maximum Gasteiger partial charge on any atom is 0.316 e. The lowest BCUT2D eigenvalue weighted by Crippen LogP contribution is -2.37. The second-order valence-electron chi connectivity index (χ2n) is 6.26. The van der Waals surface area contributed by atoms with Gasteiger partial charge in [-0.3, -0.25) is 4.79 Å². The van der Waals surface area contributed by atoms with Crippen molar-refractivity contribution in [2.75, 3.05) is 52.5 Å². The average Bonchev–Trinajstić information content (AvgIpc) is 2.77. The number of hydrogen-bond acceptors (Lipinski definition) is 6.